The molecule has 6 nitrogen and oxygen atoms in total. The summed E-state index contributed by atoms with van der Waals surface area (Å²) in [5.74, 6) is 0. The van der Waals surface area contributed by atoms with Crippen molar-refractivity contribution in [2.75, 3.05) is 11.5 Å². The maximum absolute atomic E-state index is 13.2. The molecule has 0 aromatic heterocycles. The van der Waals surface area contributed by atoms with Crippen LogP contribution in [-0.2, 0) is 10.4 Å². The van der Waals surface area contributed by atoms with Crippen LogP contribution in [0.5, 0.6) is 0 Å². The van der Waals surface area contributed by atoms with E-state index in [1.165, 1.54) is 31.7 Å². The average Bonchev–Trinajstić information content (AvgIpc) is 2.78. The third kappa shape index (κ3) is 4.19. The molecule has 6 heteroatoms. The first-order valence-electron chi connectivity index (χ1n) is 13.6. The van der Waals surface area contributed by atoms with E-state index in [0.717, 1.165) is 21.5 Å². The Hall–Kier alpha value is -2.64. The molecule has 38 heavy (non-hydrogen) atoms. The first-order valence-corrected chi connectivity index (χ1v) is 13.6. The van der Waals surface area contributed by atoms with Crippen LogP contribution in [0.2, 0.25) is 0 Å². The number of rotatable bonds is 0. The molecule has 0 bridgehead atoms. The van der Waals surface area contributed by atoms with Gasteiger partial charge in [-0.25, -0.2) is 0 Å². The number of benzene rings is 3. The van der Waals surface area contributed by atoms with Gasteiger partial charge in [-0.15, -0.1) is 20.5 Å². The van der Waals surface area contributed by atoms with Crippen molar-refractivity contribution in [1.29, 1.82) is 0 Å². The van der Waals surface area contributed by atoms with Gasteiger partial charge >= 0.3 is 0 Å². The molecule has 2 radical (unpaired) electrons. The quantitative estimate of drug-likeness (QED) is 0.308. The van der Waals surface area contributed by atoms with Gasteiger partial charge in [-0.3, -0.25) is 0 Å². The first kappa shape index (κ1) is 26.9. The van der Waals surface area contributed by atoms with Gasteiger partial charge in [0.1, 0.15) is 0 Å². The van der Waals surface area contributed by atoms with Crippen molar-refractivity contribution in [3.8, 4) is 0 Å². The Bertz CT molecular complexity index is 1420. The highest BCUT2D eigenvalue weighted by Gasteiger charge is 2.45. The second-order valence-corrected chi connectivity index (χ2v) is 14.1. The van der Waals surface area contributed by atoms with E-state index in [9.17, 15) is 10.4 Å². The van der Waals surface area contributed by atoms with Crippen LogP contribution in [0.15, 0.2) is 36.4 Å². The lowest BCUT2D eigenvalue weighted by molar-refractivity contribution is -0.275. The van der Waals surface area contributed by atoms with Crippen molar-refractivity contribution < 1.29 is 10.4 Å². The molecule has 0 aliphatic carbocycles. The Balaban J connectivity index is 2.02. The maximum atomic E-state index is 13.2. The summed E-state index contributed by atoms with van der Waals surface area (Å²) in [6.07, 6.45) is 2.68. The summed E-state index contributed by atoms with van der Waals surface area (Å²) < 4.78 is 0. The molecule has 3 aromatic carbocycles. The van der Waals surface area contributed by atoms with E-state index in [-0.39, 0.29) is 0 Å². The molecule has 0 spiro atoms. The molecular formula is C32H42N4O2. The fourth-order valence-electron chi connectivity index (χ4n) is 7.52. The van der Waals surface area contributed by atoms with Crippen molar-refractivity contribution in [2.45, 2.75) is 103 Å². The summed E-state index contributed by atoms with van der Waals surface area (Å²) in [7, 11) is 0. The number of hydroxylamine groups is 4. The van der Waals surface area contributed by atoms with Crippen molar-refractivity contribution in [3.05, 3.63) is 46.8 Å². The topological polar surface area (TPSA) is 98.3 Å². The number of anilines is 2. The number of fused-ring (bicyclic) bond motifs is 2. The van der Waals surface area contributed by atoms with E-state index in [1.54, 1.807) is 0 Å². The molecule has 2 aliphatic heterocycles. The number of piperidine rings is 2. The molecule has 3 aromatic rings. The zero-order valence-corrected chi connectivity index (χ0v) is 24.2. The highest BCUT2D eigenvalue weighted by Crippen LogP contribution is 2.42. The predicted octanol–water partition coefficient (Wildman–Crippen LogP) is 5.46. The molecular weight excluding hydrogens is 472 g/mol. The fourth-order valence-corrected chi connectivity index (χ4v) is 7.52. The lowest BCUT2D eigenvalue weighted by Gasteiger charge is -2.48. The third-order valence-corrected chi connectivity index (χ3v) is 8.65. The monoisotopic (exact) mass is 514 g/mol. The molecule has 0 amide bonds. The van der Waals surface area contributed by atoms with Gasteiger partial charge in [0.05, 0.1) is 0 Å². The SMILES string of the molecule is CC1(C)CC(=c2c3ccc(N)cc3c(=C3CC(C)(C)N([O])C(C)(C)C3)c3ccc(N)cc23)CC(C)(C)N1[O]. The number of hydrogen-bond donors (Lipinski definition) is 2. The Morgan fingerprint density at radius 1 is 0.526 bits per heavy atom. The highest BCUT2D eigenvalue weighted by atomic mass is 16.5. The molecule has 2 saturated heterocycles. The van der Waals surface area contributed by atoms with E-state index in [4.69, 9.17) is 11.5 Å². The van der Waals surface area contributed by atoms with Crippen LogP contribution in [-0.4, -0.2) is 32.3 Å². The largest absolute Gasteiger partial charge is 0.399 e. The minimum Gasteiger partial charge on any atom is -0.399 e. The number of nitrogens with zero attached hydrogens (tertiary/aromatic N) is 2. The molecule has 0 saturated carbocycles. The maximum Gasteiger partial charge on any atom is 0.0481 e. The van der Waals surface area contributed by atoms with E-state index in [2.05, 4.69) is 24.3 Å². The molecule has 2 aliphatic rings. The average molecular weight is 515 g/mol. The van der Waals surface area contributed by atoms with Gasteiger partial charge in [0.25, 0.3) is 0 Å². The van der Waals surface area contributed by atoms with Crippen LogP contribution in [0.4, 0.5) is 11.4 Å². The summed E-state index contributed by atoms with van der Waals surface area (Å²) in [5, 5.41) is 35.8. The molecule has 0 atom stereocenters. The number of nitrogen functional groups attached to an aromatic ring is 2. The number of nitrogens with two attached hydrogens (primary N) is 2. The van der Waals surface area contributed by atoms with Gasteiger partial charge < -0.3 is 11.5 Å². The van der Waals surface area contributed by atoms with Crippen LogP contribution in [0.3, 0.4) is 0 Å². The van der Waals surface area contributed by atoms with Gasteiger partial charge in [-0.2, -0.15) is 0 Å². The molecule has 5 rings (SSSR count). The normalized spacial score (nSPS) is 23.3. The van der Waals surface area contributed by atoms with E-state index in [0.29, 0.717) is 37.1 Å². The van der Waals surface area contributed by atoms with Crippen molar-refractivity contribution in [1.82, 2.24) is 10.1 Å². The third-order valence-electron chi connectivity index (χ3n) is 8.65. The molecule has 2 heterocycles. The summed E-state index contributed by atoms with van der Waals surface area (Å²) in [5.41, 5.74) is 14.6. The molecule has 2 fully saturated rings. The minimum absolute atomic E-state index is 0.535. The lowest BCUT2D eigenvalue weighted by atomic mass is 9.75. The van der Waals surface area contributed by atoms with Gasteiger partial charge in [0.2, 0.25) is 0 Å². The van der Waals surface area contributed by atoms with Gasteiger partial charge in [0, 0.05) is 33.5 Å². The highest BCUT2D eigenvalue weighted by molar-refractivity contribution is 6.04. The van der Waals surface area contributed by atoms with Crippen LogP contribution in [0.25, 0.3) is 32.7 Å². The Labute approximate surface area is 226 Å². The summed E-state index contributed by atoms with van der Waals surface area (Å²) in [6.45, 7) is 16.2. The van der Waals surface area contributed by atoms with Gasteiger partial charge in [-0.05, 0) is 137 Å². The van der Waals surface area contributed by atoms with Gasteiger partial charge in [0.15, 0.2) is 0 Å². The molecule has 4 N–H and O–H groups in total. The Morgan fingerprint density at radius 3 is 1.11 bits per heavy atom. The van der Waals surface area contributed by atoms with Crippen molar-refractivity contribution >= 4 is 44.1 Å². The lowest BCUT2D eigenvalue weighted by Crippen LogP contribution is -2.57. The standard InChI is InChI=1S/C32H42N4O2/c1-29(2)15-19(16-30(3,4)35(29)37)27-23-11-9-22(34)14-26(23)28(24-12-10-21(33)13-25(24)27)20-17-31(5,6)36(38)32(7,8)18-20/h9-14H,15-18,33-34H2,1-8H3. The fraction of sp³-hybridized carbons (Fsp3) is 0.500. The van der Waals surface area contributed by atoms with Crippen LogP contribution >= 0.6 is 0 Å². The van der Waals surface area contributed by atoms with Crippen LogP contribution in [0.1, 0.15) is 81.1 Å². The summed E-state index contributed by atoms with van der Waals surface area (Å²) >= 11 is 0. The van der Waals surface area contributed by atoms with Gasteiger partial charge in [-0.1, -0.05) is 23.3 Å². The first-order chi connectivity index (χ1) is 17.4. The van der Waals surface area contributed by atoms with E-state index >= 15 is 0 Å². The minimum atomic E-state index is -0.535. The predicted molar refractivity (Wildman–Crippen MR) is 156 cm³/mol. The zero-order chi connectivity index (χ0) is 28.0. The Kier molecular flexibility index (Phi) is 5.98. The molecule has 0 unspecified atom stereocenters. The smallest absolute Gasteiger partial charge is 0.0481 e. The van der Waals surface area contributed by atoms with Crippen molar-refractivity contribution in [3.63, 3.8) is 0 Å². The second-order valence-electron chi connectivity index (χ2n) is 14.1. The molecule has 202 valence electrons. The Morgan fingerprint density at radius 2 is 0.816 bits per heavy atom. The summed E-state index contributed by atoms with van der Waals surface area (Å²) in [4.78, 5) is 0. The second kappa shape index (κ2) is 8.43. The number of hydrogen-bond acceptors (Lipinski definition) is 4. The summed E-state index contributed by atoms with van der Waals surface area (Å²) in [6, 6.07) is 12.4. The van der Waals surface area contributed by atoms with E-state index < -0.39 is 22.2 Å². The van der Waals surface area contributed by atoms with E-state index in [1.807, 2.05) is 67.5 Å². The van der Waals surface area contributed by atoms with Crippen LogP contribution < -0.4 is 21.9 Å². The van der Waals surface area contributed by atoms with Crippen molar-refractivity contribution in [2.24, 2.45) is 0 Å². The van der Waals surface area contributed by atoms with Crippen LogP contribution in [0, 0.1) is 0 Å². The zero-order valence-electron chi connectivity index (χ0n) is 24.2.